The number of hydrogen-bond donors (Lipinski definition) is 1. The van der Waals surface area contributed by atoms with E-state index in [1.165, 1.54) is 0 Å². The Morgan fingerprint density at radius 1 is 1.20 bits per heavy atom. The molecule has 0 saturated heterocycles. The summed E-state index contributed by atoms with van der Waals surface area (Å²) in [6.07, 6.45) is 0. The number of hydrogen-bond acceptors (Lipinski definition) is 3. The second-order valence-corrected chi connectivity index (χ2v) is 5.82. The average Bonchev–Trinajstić information content (AvgIpc) is 2.47. The smallest absolute Gasteiger partial charge is 0.119 e. The fraction of sp³-hybridized carbons (Fsp3) is 0.250. The van der Waals surface area contributed by atoms with Crippen LogP contribution in [0.1, 0.15) is 18.5 Å². The number of benzene rings is 2. The summed E-state index contributed by atoms with van der Waals surface area (Å²) in [5, 5.41) is 0.771. The molecule has 106 valence electrons. The largest absolute Gasteiger partial charge is 0.494 e. The molecule has 0 fully saturated rings. The lowest BCUT2D eigenvalue weighted by molar-refractivity contribution is 0.339. The molecular formula is C16H18ClNOS. The van der Waals surface area contributed by atoms with Crippen LogP contribution in [0.2, 0.25) is 5.02 Å². The fourth-order valence-electron chi connectivity index (χ4n) is 1.84. The highest BCUT2D eigenvalue weighted by Gasteiger charge is 2.09. The summed E-state index contributed by atoms with van der Waals surface area (Å²) in [5.41, 5.74) is 7.32. The minimum atomic E-state index is -0.0447. The number of thioether (sulfide) groups is 1. The van der Waals surface area contributed by atoms with Gasteiger partial charge in [-0.1, -0.05) is 35.9 Å². The Balaban J connectivity index is 1.99. The molecule has 20 heavy (non-hydrogen) atoms. The van der Waals surface area contributed by atoms with Crippen LogP contribution in [-0.4, -0.2) is 12.4 Å². The number of ether oxygens (including phenoxy) is 1. The van der Waals surface area contributed by atoms with Crippen LogP contribution in [0, 0.1) is 0 Å². The van der Waals surface area contributed by atoms with Gasteiger partial charge >= 0.3 is 0 Å². The third-order valence-electron chi connectivity index (χ3n) is 2.85. The molecule has 2 aromatic rings. The molecule has 0 aromatic heterocycles. The molecule has 0 saturated carbocycles. The van der Waals surface area contributed by atoms with E-state index in [4.69, 9.17) is 22.1 Å². The van der Waals surface area contributed by atoms with Gasteiger partial charge in [0, 0.05) is 16.7 Å². The highest BCUT2D eigenvalue weighted by Crippen LogP contribution is 2.30. The summed E-state index contributed by atoms with van der Waals surface area (Å²) in [4.78, 5) is 1.06. The van der Waals surface area contributed by atoms with E-state index in [0.717, 1.165) is 27.0 Å². The van der Waals surface area contributed by atoms with E-state index in [-0.39, 0.29) is 6.04 Å². The van der Waals surface area contributed by atoms with Gasteiger partial charge in [-0.05, 0) is 36.8 Å². The monoisotopic (exact) mass is 307 g/mol. The molecule has 0 heterocycles. The van der Waals surface area contributed by atoms with E-state index < -0.39 is 0 Å². The van der Waals surface area contributed by atoms with Gasteiger partial charge in [0.05, 0.1) is 11.6 Å². The zero-order valence-corrected chi connectivity index (χ0v) is 13.0. The van der Waals surface area contributed by atoms with E-state index >= 15 is 0 Å². The van der Waals surface area contributed by atoms with Crippen LogP contribution in [0.3, 0.4) is 0 Å². The SMILES string of the molecule is CCOc1cccc(C(N)CSc2ccccc2Cl)c1. The zero-order chi connectivity index (χ0) is 14.4. The number of nitrogens with two attached hydrogens (primary N) is 1. The predicted molar refractivity (Wildman–Crippen MR) is 86.7 cm³/mol. The first-order valence-corrected chi connectivity index (χ1v) is 7.92. The van der Waals surface area contributed by atoms with E-state index in [2.05, 4.69) is 0 Å². The van der Waals surface area contributed by atoms with Crippen molar-refractivity contribution in [3.63, 3.8) is 0 Å². The van der Waals surface area contributed by atoms with E-state index in [1.54, 1.807) is 11.8 Å². The Morgan fingerprint density at radius 3 is 2.75 bits per heavy atom. The molecule has 0 amide bonds. The molecule has 4 heteroatoms. The lowest BCUT2D eigenvalue weighted by Crippen LogP contribution is -2.13. The van der Waals surface area contributed by atoms with E-state index in [0.29, 0.717) is 6.61 Å². The van der Waals surface area contributed by atoms with Crippen molar-refractivity contribution < 1.29 is 4.74 Å². The summed E-state index contributed by atoms with van der Waals surface area (Å²) < 4.78 is 5.50. The van der Waals surface area contributed by atoms with E-state index in [9.17, 15) is 0 Å². The van der Waals surface area contributed by atoms with Crippen molar-refractivity contribution in [3.8, 4) is 5.75 Å². The Bertz CT molecular complexity index is 562. The van der Waals surface area contributed by atoms with Gasteiger partial charge in [-0.2, -0.15) is 0 Å². The zero-order valence-electron chi connectivity index (χ0n) is 11.4. The van der Waals surface area contributed by atoms with Gasteiger partial charge in [-0.25, -0.2) is 0 Å². The third kappa shape index (κ3) is 4.17. The molecule has 2 N–H and O–H groups in total. The molecule has 0 radical (unpaired) electrons. The quantitative estimate of drug-likeness (QED) is 0.796. The summed E-state index contributed by atoms with van der Waals surface area (Å²) in [5.74, 6) is 1.64. The molecule has 2 nitrogen and oxygen atoms in total. The second-order valence-electron chi connectivity index (χ2n) is 4.35. The number of halogens is 1. The summed E-state index contributed by atoms with van der Waals surface area (Å²) in [6, 6.07) is 15.7. The van der Waals surface area contributed by atoms with Gasteiger partial charge in [0.1, 0.15) is 5.75 Å². The molecule has 0 spiro atoms. The van der Waals surface area contributed by atoms with Gasteiger partial charge in [0.2, 0.25) is 0 Å². The lowest BCUT2D eigenvalue weighted by atomic mass is 10.1. The minimum absolute atomic E-state index is 0.0447. The Labute approximate surface area is 129 Å². The first-order valence-electron chi connectivity index (χ1n) is 6.56. The van der Waals surface area contributed by atoms with Crippen LogP contribution in [0.4, 0.5) is 0 Å². The molecule has 2 aromatic carbocycles. The van der Waals surface area contributed by atoms with Gasteiger partial charge < -0.3 is 10.5 Å². The van der Waals surface area contributed by atoms with Gasteiger partial charge in [-0.3, -0.25) is 0 Å². The van der Waals surface area contributed by atoms with Crippen molar-refractivity contribution in [2.75, 3.05) is 12.4 Å². The van der Waals surface area contributed by atoms with Crippen LogP contribution in [0.15, 0.2) is 53.4 Å². The van der Waals surface area contributed by atoms with Crippen molar-refractivity contribution in [3.05, 3.63) is 59.1 Å². The Kier molecular flexibility index (Phi) is 5.77. The fourth-order valence-corrected chi connectivity index (χ4v) is 3.07. The third-order valence-corrected chi connectivity index (χ3v) is 4.49. The second kappa shape index (κ2) is 7.58. The van der Waals surface area contributed by atoms with Gasteiger partial charge in [-0.15, -0.1) is 11.8 Å². The van der Waals surface area contributed by atoms with Crippen molar-refractivity contribution in [1.29, 1.82) is 0 Å². The summed E-state index contributed by atoms with van der Waals surface area (Å²) in [6.45, 7) is 2.63. The van der Waals surface area contributed by atoms with E-state index in [1.807, 2.05) is 55.5 Å². The van der Waals surface area contributed by atoms with Crippen LogP contribution >= 0.6 is 23.4 Å². The number of rotatable bonds is 6. The summed E-state index contributed by atoms with van der Waals surface area (Å²) >= 11 is 7.81. The predicted octanol–water partition coefficient (Wildman–Crippen LogP) is 4.53. The molecule has 0 aliphatic rings. The first kappa shape index (κ1) is 15.2. The van der Waals surface area contributed by atoms with Crippen LogP contribution in [0.25, 0.3) is 0 Å². The van der Waals surface area contributed by atoms with Crippen LogP contribution < -0.4 is 10.5 Å². The first-order chi connectivity index (χ1) is 9.70. The minimum Gasteiger partial charge on any atom is -0.494 e. The standard InChI is InChI=1S/C16H18ClNOS/c1-2-19-13-7-5-6-12(10-13)15(18)11-20-16-9-4-3-8-14(16)17/h3-10,15H,2,11,18H2,1H3. The maximum atomic E-state index is 6.24. The van der Waals surface area contributed by atoms with Crippen molar-refractivity contribution in [1.82, 2.24) is 0 Å². The molecule has 1 unspecified atom stereocenters. The van der Waals surface area contributed by atoms with Gasteiger partial charge in [0.25, 0.3) is 0 Å². The topological polar surface area (TPSA) is 35.2 Å². The maximum absolute atomic E-state index is 6.24. The molecule has 0 aliphatic carbocycles. The normalized spacial score (nSPS) is 12.2. The highest BCUT2D eigenvalue weighted by atomic mass is 35.5. The molecule has 0 aliphatic heterocycles. The molecule has 0 bridgehead atoms. The molecule has 2 rings (SSSR count). The molecule has 1 atom stereocenters. The van der Waals surface area contributed by atoms with Gasteiger partial charge in [0.15, 0.2) is 0 Å². The summed E-state index contributed by atoms with van der Waals surface area (Å²) in [7, 11) is 0. The molecular weight excluding hydrogens is 290 g/mol. The highest BCUT2D eigenvalue weighted by molar-refractivity contribution is 7.99. The van der Waals surface area contributed by atoms with Crippen molar-refractivity contribution in [2.24, 2.45) is 5.73 Å². The van der Waals surface area contributed by atoms with Crippen molar-refractivity contribution in [2.45, 2.75) is 17.9 Å². The van der Waals surface area contributed by atoms with Crippen LogP contribution in [0.5, 0.6) is 5.75 Å². The lowest BCUT2D eigenvalue weighted by Gasteiger charge is -2.13. The maximum Gasteiger partial charge on any atom is 0.119 e. The van der Waals surface area contributed by atoms with Crippen molar-refractivity contribution >= 4 is 23.4 Å². The Hall–Kier alpha value is -1.16. The Morgan fingerprint density at radius 2 is 2.00 bits per heavy atom. The van der Waals surface area contributed by atoms with Crippen LogP contribution in [-0.2, 0) is 0 Å². The average molecular weight is 308 g/mol.